The van der Waals surface area contributed by atoms with Gasteiger partial charge in [-0.25, -0.2) is 4.79 Å². The quantitative estimate of drug-likeness (QED) is 0.844. The van der Waals surface area contributed by atoms with Gasteiger partial charge in [0.1, 0.15) is 0 Å². The molecule has 0 aliphatic rings. The van der Waals surface area contributed by atoms with Crippen molar-refractivity contribution in [3.05, 3.63) is 59.2 Å². The maximum Gasteiger partial charge on any atom is 0.323 e. The van der Waals surface area contributed by atoms with Crippen molar-refractivity contribution < 1.29 is 4.79 Å². The van der Waals surface area contributed by atoms with Crippen LogP contribution in [0, 0.1) is 13.8 Å². The van der Waals surface area contributed by atoms with Crippen LogP contribution < -0.4 is 10.6 Å². The van der Waals surface area contributed by atoms with Crippen LogP contribution in [0.3, 0.4) is 0 Å². The molecule has 0 atom stereocenters. The Bertz CT molecular complexity index is 620. The Kier molecular flexibility index (Phi) is 4.41. The highest BCUT2D eigenvalue weighted by Gasteiger charge is 2.08. The highest BCUT2D eigenvalue weighted by atomic mass is 16.2. The number of carbonyl (C=O) groups excluding carboxylic acids is 1. The number of anilines is 2. The first kappa shape index (κ1) is 14.1. The molecule has 0 spiro atoms. The number of para-hydroxylation sites is 1. The Hall–Kier alpha value is -2.29. The maximum atomic E-state index is 12.1. The number of aryl methyl sites for hydroxylation is 3. The number of nitrogens with one attached hydrogen (secondary N) is 2. The Balaban J connectivity index is 2.12. The number of rotatable bonds is 3. The van der Waals surface area contributed by atoms with Crippen LogP contribution in [0.4, 0.5) is 16.2 Å². The van der Waals surface area contributed by atoms with Gasteiger partial charge in [0.2, 0.25) is 0 Å². The molecule has 3 heteroatoms. The van der Waals surface area contributed by atoms with Crippen molar-refractivity contribution in [3.63, 3.8) is 0 Å². The van der Waals surface area contributed by atoms with Crippen molar-refractivity contribution in [2.24, 2.45) is 0 Å². The molecule has 0 bridgehead atoms. The number of hydrogen-bond acceptors (Lipinski definition) is 1. The van der Waals surface area contributed by atoms with E-state index < -0.39 is 0 Å². The summed E-state index contributed by atoms with van der Waals surface area (Å²) in [6.07, 6.45) is 0.891. The van der Waals surface area contributed by atoms with Gasteiger partial charge < -0.3 is 10.6 Å². The summed E-state index contributed by atoms with van der Waals surface area (Å²) in [6.45, 7) is 6.08. The van der Waals surface area contributed by atoms with E-state index in [1.54, 1.807) is 0 Å². The van der Waals surface area contributed by atoms with Gasteiger partial charge in [0.25, 0.3) is 0 Å². The number of carbonyl (C=O) groups is 1. The molecular weight excluding hydrogens is 248 g/mol. The first-order valence-corrected chi connectivity index (χ1v) is 6.83. The number of urea groups is 1. The normalized spacial score (nSPS) is 10.2. The van der Waals surface area contributed by atoms with E-state index in [2.05, 4.69) is 17.6 Å². The van der Waals surface area contributed by atoms with Gasteiger partial charge in [-0.2, -0.15) is 0 Å². The predicted octanol–water partition coefficient (Wildman–Crippen LogP) is 4.51. The highest BCUT2D eigenvalue weighted by Crippen LogP contribution is 2.21. The molecule has 2 amide bonds. The fourth-order valence-electron chi connectivity index (χ4n) is 2.20. The van der Waals surface area contributed by atoms with Gasteiger partial charge in [0.15, 0.2) is 0 Å². The van der Waals surface area contributed by atoms with Crippen molar-refractivity contribution in [3.8, 4) is 0 Å². The minimum absolute atomic E-state index is 0.209. The standard InChI is InChI=1S/C17H20N2O/c1-4-14-9-6-8-13(3)16(14)19-17(20)18-15-10-5-7-12(2)11-15/h5-11H,4H2,1-3H3,(H2,18,19,20). The molecule has 0 saturated heterocycles. The molecule has 0 saturated carbocycles. The average molecular weight is 268 g/mol. The van der Waals surface area contributed by atoms with Crippen molar-refractivity contribution in [1.82, 2.24) is 0 Å². The summed E-state index contributed by atoms with van der Waals surface area (Å²) in [5, 5.41) is 5.81. The lowest BCUT2D eigenvalue weighted by Crippen LogP contribution is -2.20. The van der Waals surface area contributed by atoms with Crippen LogP contribution in [-0.4, -0.2) is 6.03 Å². The number of benzene rings is 2. The summed E-state index contributed by atoms with van der Waals surface area (Å²) in [4.78, 5) is 12.1. The Morgan fingerprint density at radius 3 is 2.50 bits per heavy atom. The molecule has 0 aliphatic heterocycles. The molecular formula is C17H20N2O. The molecule has 20 heavy (non-hydrogen) atoms. The number of amides is 2. The fourth-order valence-corrected chi connectivity index (χ4v) is 2.20. The van der Waals surface area contributed by atoms with Gasteiger partial charge >= 0.3 is 6.03 Å². The van der Waals surface area contributed by atoms with E-state index in [-0.39, 0.29) is 6.03 Å². The van der Waals surface area contributed by atoms with Crippen molar-refractivity contribution >= 4 is 17.4 Å². The zero-order valence-electron chi connectivity index (χ0n) is 12.2. The van der Waals surface area contributed by atoms with Gasteiger partial charge in [-0.15, -0.1) is 0 Å². The van der Waals surface area contributed by atoms with Crippen LogP contribution in [0.5, 0.6) is 0 Å². The van der Waals surface area contributed by atoms with E-state index in [1.165, 1.54) is 0 Å². The molecule has 3 nitrogen and oxygen atoms in total. The molecule has 0 radical (unpaired) electrons. The molecule has 0 aliphatic carbocycles. The summed E-state index contributed by atoms with van der Waals surface area (Å²) in [5.41, 5.74) is 5.04. The van der Waals surface area contributed by atoms with Crippen LogP contribution in [0.1, 0.15) is 23.6 Å². The van der Waals surface area contributed by atoms with Gasteiger partial charge in [-0.1, -0.05) is 37.3 Å². The summed E-state index contributed by atoms with van der Waals surface area (Å²) < 4.78 is 0. The molecule has 0 unspecified atom stereocenters. The van der Waals surface area contributed by atoms with Crippen LogP contribution >= 0.6 is 0 Å². The first-order valence-electron chi connectivity index (χ1n) is 6.83. The monoisotopic (exact) mass is 268 g/mol. The largest absolute Gasteiger partial charge is 0.323 e. The third-order valence-corrected chi connectivity index (χ3v) is 3.25. The minimum Gasteiger partial charge on any atom is -0.308 e. The second kappa shape index (κ2) is 6.24. The predicted molar refractivity (Wildman–Crippen MR) is 84.4 cm³/mol. The van der Waals surface area contributed by atoms with Crippen LogP contribution in [-0.2, 0) is 6.42 Å². The fraction of sp³-hybridized carbons (Fsp3) is 0.235. The lowest BCUT2D eigenvalue weighted by molar-refractivity contribution is 0.262. The molecule has 0 aromatic heterocycles. The molecule has 2 rings (SSSR count). The molecule has 104 valence electrons. The summed E-state index contributed by atoms with van der Waals surface area (Å²) in [7, 11) is 0. The SMILES string of the molecule is CCc1cccc(C)c1NC(=O)Nc1cccc(C)c1. The molecule has 0 heterocycles. The van der Waals surface area contributed by atoms with Crippen molar-refractivity contribution in [2.45, 2.75) is 27.2 Å². The van der Waals surface area contributed by atoms with Crippen molar-refractivity contribution in [1.29, 1.82) is 0 Å². The summed E-state index contributed by atoms with van der Waals surface area (Å²) >= 11 is 0. The van der Waals surface area contributed by atoms with Gasteiger partial charge in [-0.3, -0.25) is 0 Å². The Labute approximate surface area is 120 Å². The van der Waals surface area contributed by atoms with Crippen LogP contribution in [0.15, 0.2) is 42.5 Å². The Morgan fingerprint density at radius 2 is 1.80 bits per heavy atom. The topological polar surface area (TPSA) is 41.1 Å². The minimum atomic E-state index is -0.209. The third kappa shape index (κ3) is 3.38. The average Bonchev–Trinajstić information content (AvgIpc) is 2.41. The van der Waals surface area contributed by atoms with Crippen molar-refractivity contribution in [2.75, 3.05) is 10.6 Å². The van der Waals surface area contributed by atoms with E-state index in [4.69, 9.17) is 0 Å². The van der Waals surface area contributed by atoms with Gasteiger partial charge in [0.05, 0.1) is 0 Å². The van der Waals surface area contributed by atoms with Gasteiger partial charge in [-0.05, 0) is 49.1 Å². The van der Waals surface area contributed by atoms with E-state index in [1.807, 2.05) is 56.3 Å². The van der Waals surface area contributed by atoms with E-state index in [0.717, 1.165) is 34.5 Å². The molecule has 2 aromatic rings. The first-order chi connectivity index (χ1) is 9.60. The Morgan fingerprint density at radius 1 is 1.05 bits per heavy atom. The lowest BCUT2D eigenvalue weighted by atomic mass is 10.1. The number of hydrogen-bond donors (Lipinski definition) is 2. The smallest absolute Gasteiger partial charge is 0.308 e. The van der Waals surface area contributed by atoms with Crippen LogP contribution in [0.2, 0.25) is 0 Å². The summed E-state index contributed by atoms with van der Waals surface area (Å²) in [5.74, 6) is 0. The zero-order valence-corrected chi connectivity index (χ0v) is 12.2. The molecule has 2 aromatic carbocycles. The van der Waals surface area contributed by atoms with E-state index in [9.17, 15) is 4.79 Å². The van der Waals surface area contributed by atoms with E-state index in [0.29, 0.717) is 0 Å². The summed E-state index contributed by atoms with van der Waals surface area (Å²) in [6, 6.07) is 13.6. The lowest BCUT2D eigenvalue weighted by Gasteiger charge is -2.13. The van der Waals surface area contributed by atoms with Gasteiger partial charge in [0, 0.05) is 11.4 Å². The molecule has 2 N–H and O–H groups in total. The van der Waals surface area contributed by atoms with Crippen LogP contribution in [0.25, 0.3) is 0 Å². The second-order valence-corrected chi connectivity index (χ2v) is 4.91. The molecule has 0 fully saturated rings. The zero-order chi connectivity index (χ0) is 14.5. The second-order valence-electron chi connectivity index (χ2n) is 4.91. The maximum absolute atomic E-state index is 12.1. The van der Waals surface area contributed by atoms with E-state index >= 15 is 0 Å². The third-order valence-electron chi connectivity index (χ3n) is 3.25. The highest BCUT2D eigenvalue weighted by molar-refractivity contribution is 6.00.